The highest BCUT2D eigenvalue weighted by Crippen LogP contribution is 2.43. The van der Waals surface area contributed by atoms with Crippen LogP contribution in [0, 0.1) is 11.8 Å². The quantitative estimate of drug-likeness (QED) is 0.270. The summed E-state index contributed by atoms with van der Waals surface area (Å²) in [5, 5.41) is 19.2. The number of unbranched alkanes of at least 4 members (excludes halogenated alkanes) is 3. The Bertz CT molecular complexity index is 728. The average Bonchev–Trinajstić information content (AvgIpc) is 3.03. The first kappa shape index (κ1) is 25.4. The molecule has 1 aliphatic rings. The second-order valence-corrected chi connectivity index (χ2v) is 9.58. The van der Waals surface area contributed by atoms with Crippen LogP contribution >= 0.6 is 11.8 Å². The summed E-state index contributed by atoms with van der Waals surface area (Å²) in [6.45, 7) is 2.15. The third-order valence-electron chi connectivity index (χ3n) is 5.72. The van der Waals surface area contributed by atoms with E-state index in [2.05, 4.69) is 25.1 Å². The smallest absolute Gasteiger partial charge is 0.303 e. The summed E-state index contributed by atoms with van der Waals surface area (Å²) in [5.41, 5.74) is 0. The molecule has 4 nitrogen and oxygen atoms in total. The molecular formula is C26H36O4S. The Balaban J connectivity index is 2.03. The fourth-order valence-electron chi connectivity index (χ4n) is 3.99. The van der Waals surface area contributed by atoms with E-state index in [9.17, 15) is 14.7 Å². The van der Waals surface area contributed by atoms with Crippen molar-refractivity contribution >= 4 is 23.5 Å². The first-order valence-corrected chi connectivity index (χ1v) is 12.4. The number of thioether (sulfide) groups is 1. The van der Waals surface area contributed by atoms with Gasteiger partial charge in [0.15, 0.2) is 0 Å². The Hall–Kier alpha value is -1.85. The molecular weight excluding hydrogens is 408 g/mol. The highest BCUT2D eigenvalue weighted by molar-refractivity contribution is 8.00. The second-order valence-electron chi connectivity index (χ2n) is 8.26. The zero-order valence-electron chi connectivity index (χ0n) is 18.5. The van der Waals surface area contributed by atoms with Crippen molar-refractivity contribution in [2.45, 2.75) is 81.0 Å². The van der Waals surface area contributed by atoms with E-state index in [1.165, 1.54) is 0 Å². The van der Waals surface area contributed by atoms with E-state index in [-0.39, 0.29) is 29.3 Å². The standard InChI is InChI=1S/C26H36O4S/c1-2-3-7-12-20(27)17-18-23-22(15-10-4-5-11-16-26(29)30)24(28)19-25(23)31-21-13-8-6-9-14-21/h4,6,8-10,13-14,17-18,20,22-23,25,27H,2-3,5,7,11-12,15-16,19H2,1H3,(H,29,30)/b10-4+,18-17+. The Labute approximate surface area is 190 Å². The zero-order valence-corrected chi connectivity index (χ0v) is 19.3. The van der Waals surface area contributed by atoms with Crippen LogP contribution in [0.1, 0.15) is 64.7 Å². The van der Waals surface area contributed by atoms with Gasteiger partial charge in [0.2, 0.25) is 0 Å². The van der Waals surface area contributed by atoms with Gasteiger partial charge in [-0.2, -0.15) is 0 Å². The van der Waals surface area contributed by atoms with E-state index < -0.39 is 12.1 Å². The van der Waals surface area contributed by atoms with E-state index in [0.717, 1.165) is 30.6 Å². The van der Waals surface area contributed by atoms with Crippen LogP contribution < -0.4 is 0 Å². The van der Waals surface area contributed by atoms with Crippen molar-refractivity contribution in [2.75, 3.05) is 0 Å². The zero-order chi connectivity index (χ0) is 22.5. The van der Waals surface area contributed by atoms with Gasteiger partial charge in [-0.3, -0.25) is 9.59 Å². The molecule has 0 aromatic heterocycles. The molecule has 2 rings (SSSR count). The fraction of sp³-hybridized carbons (Fsp3) is 0.538. The highest BCUT2D eigenvalue weighted by atomic mass is 32.2. The number of carbonyl (C=O) groups is 2. The molecule has 0 bridgehead atoms. The molecule has 4 atom stereocenters. The van der Waals surface area contributed by atoms with Crippen LogP contribution in [0.25, 0.3) is 0 Å². The van der Waals surface area contributed by atoms with Crippen molar-refractivity contribution < 1.29 is 19.8 Å². The van der Waals surface area contributed by atoms with Gasteiger partial charge in [0.25, 0.3) is 0 Å². The van der Waals surface area contributed by atoms with E-state index in [0.29, 0.717) is 25.7 Å². The number of aliphatic hydroxyl groups excluding tert-OH is 1. The van der Waals surface area contributed by atoms with Gasteiger partial charge >= 0.3 is 5.97 Å². The van der Waals surface area contributed by atoms with Gasteiger partial charge in [-0.05, 0) is 43.7 Å². The molecule has 2 N–H and O–H groups in total. The summed E-state index contributed by atoms with van der Waals surface area (Å²) in [7, 11) is 0. The lowest BCUT2D eigenvalue weighted by molar-refractivity contribution is -0.137. The molecule has 1 saturated carbocycles. The lowest BCUT2D eigenvalue weighted by Crippen LogP contribution is -2.17. The fourth-order valence-corrected chi connectivity index (χ4v) is 5.34. The Kier molecular flexibility index (Phi) is 11.7. The molecule has 1 aromatic carbocycles. The minimum Gasteiger partial charge on any atom is -0.481 e. The van der Waals surface area contributed by atoms with Crippen LogP contribution in [0.2, 0.25) is 0 Å². The Morgan fingerprint density at radius 3 is 2.68 bits per heavy atom. The van der Waals surface area contributed by atoms with Gasteiger partial charge in [-0.1, -0.05) is 68.7 Å². The van der Waals surface area contributed by atoms with Crippen molar-refractivity contribution in [3.05, 3.63) is 54.6 Å². The maximum Gasteiger partial charge on any atom is 0.303 e. The number of hydrogen-bond donors (Lipinski definition) is 2. The highest BCUT2D eigenvalue weighted by Gasteiger charge is 2.40. The number of allylic oxidation sites excluding steroid dienone is 3. The number of hydrogen-bond acceptors (Lipinski definition) is 4. The monoisotopic (exact) mass is 444 g/mol. The molecule has 0 saturated heterocycles. The Morgan fingerprint density at radius 1 is 1.19 bits per heavy atom. The van der Waals surface area contributed by atoms with Crippen molar-refractivity contribution in [3.63, 3.8) is 0 Å². The van der Waals surface area contributed by atoms with Gasteiger partial charge in [0.1, 0.15) is 5.78 Å². The van der Waals surface area contributed by atoms with Gasteiger partial charge in [0, 0.05) is 28.9 Å². The number of aliphatic hydroxyl groups is 1. The number of ketones is 1. The largest absolute Gasteiger partial charge is 0.481 e. The molecule has 0 aliphatic heterocycles. The van der Waals surface area contributed by atoms with Crippen LogP contribution in [-0.2, 0) is 9.59 Å². The summed E-state index contributed by atoms with van der Waals surface area (Å²) >= 11 is 1.75. The number of carboxylic acids is 1. The maximum absolute atomic E-state index is 12.8. The van der Waals surface area contributed by atoms with Crippen LogP contribution in [-0.4, -0.2) is 33.3 Å². The van der Waals surface area contributed by atoms with Gasteiger partial charge < -0.3 is 10.2 Å². The number of aliphatic carboxylic acids is 1. The predicted octanol–water partition coefficient (Wildman–Crippen LogP) is 6.05. The van der Waals surface area contributed by atoms with Gasteiger partial charge in [-0.25, -0.2) is 0 Å². The molecule has 1 aromatic rings. The van der Waals surface area contributed by atoms with Crippen LogP contribution in [0.5, 0.6) is 0 Å². The normalized spacial score (nSPS) is 22.5. The lowest BCUT2D eigenvalue weighted by atomic mass is 9.91. The summed E-state index contributed by atoms with van der Waals surface area (Å²) in [5.74, 6) is -0.500. The molecule has 5 heteroatoms. The summed E-state index contributed by atoms with van der Waals surface area (Å²) < 4.78 is 0. The molecule has 0 spiro atoms. The molecule has 0 amide bonds. The van der Waals surface area contributed by atoms with E-state index in [1.54, 1.807) is 11.8 Å². The summed E-state index contributed by atoms with van der Waals surface area (Å²) in [6.07, 6.45) is 14.2. The SMILES string of the molecule is CCCCCC(O)/C=C/C1C(Sc2ccccc2)CC(=O)C1C/C=C/CCCC(=O)O. The molecule has 0 radical (unpaired) electrons. The summed E-state index contributed by atoms with van der Waals surface area (Å²) in [4.78, 5) is 24.6. The lowest BCUT2D eigenvalue weighted by Gasteiger charge is -2.20. The van der Waals surface area contributed by atoms with Gasteiger partial charge in [0.05, 0.1) is 6.10 Å². The van der Waals surface area contributed by atoms with Crippen molar-refractivity contribution in [2.24, 2.45) is 11.8 Å². The maximum atomic E-state index is 12.8. The third kappa shape index (κ3) is 9.44. The van der Waals surface area contributed by atoms with Crippen LogP contribution in [0.4, 0.5) is 0 Å². The van der Waals surface area contributed by atoms with E-state index in [1.807, 2.05) is 36.4 Å². The molecule has 1 aliphatic carbocycles. The molecule has 170 valence electrons. The second kappa shape index (κ2) is 14.3. The van der Waals surface area contributed by atoms with E-state index in [4.69, 9.17) is 5.11 Å². The van der Waals surface area contributed by atoms with Crippen LogP contribution in [0.15, 0.2) is 59.5 Å². The molecule has 1 fully saturated rings. The minimum atomic E-state index is -0.775. The number of Topliss-reactive ketones (excluding diaryl/α,β-unsaturated/α-hetero) is 1. The summed E-state index contributed by atoms with van der Waals surface area (Å²) in [6, 6.07) is 10.2. The minimum absolute atomic E-state index is 0.0854. The van der Waals surface area contributed by atoms with Crippen molar-refractivity contribution in [1.82, 2.24) is 0 Å². The number of carbonyl (C=O) groups excluding carboxylic acids is 1. The average molecular weight is 445 g/mol. The molecule has 31 heavy (non-hydrogen) atoms. The number of rotatable bonds is 14. The number of carboxylic acid groups (broad SMARTS) is 1. The van der Waals surface area contributed by atoms with Crippen LogP contribution in [0.3, 0.4) is 0 Å². The Morgan fingerprint density at radius 2 is 1.97 bits per heavy atom. The molecule has 4 unspecified atom stereocenters. The predicted molar refractivity (Wildman–Crippen MR) is 127 cm³/mol. The first-order valence-electron chi connectivity index (χ1n) is 11.5. The first-order chi connectivity index (χ1) is 15.0. The van der Waals surface area contributed by atoms with Gasteiger partial charge in [-0.15, -0.1) is 11.8 Å². The third-order valence-corrected chi connectivity index (χ3v) is 7.05. The van der Waals surface area contributed by atoms with E-state index >= 15 is 0 Å². The molecule has 0 heterocycles. The topological polar surface area (TPSA) is 74.6 Å². The number of benzene rings is 1. The van der Waals surface area contributed by atoms with Crippen molar-refractivity contribution in [1.29, 1.82) is 0 Å². The van der Waals surface area contributed by atoms with Crippen molar-refractivity contribution in [3.8, 4) is 0 Å².